The molecule has 1 fully saturated rings. The van der Waals surface area contributed by atoms with Gasteiger partial charge in [-0.3, -0.25) is 9.78 Å². The summed E-state index contributed by atoms with van der Waals surface area (Å²) in [5.41, 5.74) is 1.85. The quantitative estimate of drug-likeness (QED) is 0.802. The standard InChI is InChI=1S/C13H19N3O3S/c1-10-2-3-11(7-15-10)8-16-13(17)6-12-9-20(18,19)5-4-14-12/h2-3,7,12,14H,4-6,8-9H2,1H3,(H,16,17). The Morgan fingerprint density at radius 1 is 1.50 bits per heavy atom. The van der Waals surface area contributed by atoms with E-state index in [4.69, 9.17) is 0 Å². The smallest absolute Gasteiger partial charge is 0.221 e. The van der Waals surface area contributed by atoms with Crippen molar-refractivity contribution in [1.82, 2.24) is 15.6 Å². The van der Waals surface area contributed by atoms with Crippen LogP contribution >= 0.6 is 0 Å². The van der Waals surface area contributed by atoms with Crippen LogP contribution in [-0.2, 0) is 21.2 Å². The number of aryl methyl sites for hydroxylation is 1. The highest BCUT2D eigenvalue weighted by Crippen LogP contribution is 2.05. The molecule has 2 N–H and O–H groups in total. The van der Waals surface area contributed by atoms with Crippen molar-refractivity contribution in [3.05, 3.63) is 29.6 Å². The zero-order chi connectivity index (χ0) is 14.6. The number of rotatable bonds is 4. The average Bonchev–Trinajstić information content (AvgIpc) is 2.37. The Hall–Kier alpha value is -1.47. The number of hydrogen-bond donors (Lipinski definition) is 2. The van der Waals surface area contributed by atoms with Gasteiger partial charge in [0.25, 0.3) is 0 Å². The van der Waals surface area contributed by atoms with Crippen molar-refractivity contribution in [2.75, 3.05) is 18.1 Å². The summed E-state index contributed by atoms with van der Waals surface area (Å²) in [7, 11) is -3.00. The lowest BCUT2D eigenvalue weighted by molar-refractivity contribution is -0.121. The first kappa shape index (κ1) is 14.9. The van der Waals surface area contributed by atoms with Crippen LogP contribution < -0.4 is 10.6 Å². The van der Waals surface area contributed by atoms with Crippen LogP contribution in [0.3, 0.4) is 0 Å². The second-order valence-electron chi connectivity index (χ2n) is 5.05. The number of carbonyl (C=O) groups is 1. The van der Waals surface area contributed by atoms with Crippen molar-refractivity contribution in [2.24, 2.45) is 0 Å². The van der Waals surface area contributed by atoms with E-state index in [1.54, 1.807) is 6.20 Å². The van der Waals surface area contributed by atoms with Gasteiger partial charge in [-0.1, -0.05) is 6.07 Å². The molecule has 0 saturated carbocycles. The SMILES string of the molecule is Cc1ccc(CNC(=O)CC2CS(=O)(=O)CCN2)cn1. The number of carbonyl (C=O) groups excluding carboxylic acids is 1. The van der Waals surface area contributed by atoms with E-state index in [9.17, 15) is 13.2 Å². The van der Waals surface area contributed by atoms with Gasteiger partial charge in [-0.25, -0.2) is 8.42 Å². The van der Waals surface area contributed by atoms with Crippen molar-refractivity contribution in [2.45, 2.75) is 25.9 Å². The molecule has 0 aliphatic carbocycles. The van der Waals surface area contributed by atoms with Crippen LogP contribution in [0.1, 0.15) is 17.7 Å². The van der Waals surface area contributed by atoms with Crippen LogP contribution in [0.4, 0.5) is 0 Å². The molecule has 1 unspecified atom stereocenters. The van der Waals surface area contributed by atoms with Crippen LogP contribution in [0, 0.1) is 6.92 Å². The Kier molecular flexibility index (Phi) is 4.72. The summed E-state index contributed by atoms with van der Waals surface area (Å²) >= 11 is 0. The predicted octanol–water partition coefficient (Wildman–Crippen LogP) is -0.217. The lowest BCUT2D eigenvalue weighted by atomic mass is 10.2. The lowest BCUT2D eigenvalue weighted by Gasteiger charge is -2.23. The van der Waals surface area contributed by atoms with E-state index in [1.165, 1.54) is 0 Å². The molecule has 0 radical (unpaired) electrons. The number of amides is 1. The summed E-state index contributed by atoms with van der Waals surface area (Å²) in [6.45, 7) is 2.73. The average molecular weight is 297 g/mol. The molecule has 110 valence electrons. The zero-order valence-electron chi connectivity index (χ0n) is 11.4. The molecule has 1 aliphatic rings. The third kappa shape index (κ3) is 4.57. The van der Waals surface area contributed by atoms with Crippen LogP contribution in [0.15, 0.2) is 18.3 Å². The summed E-state index contributed by atoms with van der Waals surface area (Å²) in [4.78, 5) is 15.9. The van der Waals surface area contributed by atoms with Gasteiger partial charge in [0.2, 0.25) is 5.91 Å². The van der Waals surface area contributed by atoms with Crippen molar-refractivity contribution >= 4 is 15.7 Å². The fraction of sp³-hybridized carbons (Fsp3) is 0.538. The topological polar surface area (TPSA) is 88.2 Å². The van der Waals surface area contributed by atoms with E-state index >= 15 is 0 Å². The number of nitrogens with zero attached hydrogens (tertiary/aromatic N) is 1. The summed E-state index contributed by atoms with van der Waals surface area (Å²) < 4.78 is 22.9. The van der Waals surface area contributed by atoms with Crippen LogP contribution in [0.2, 0.25) is 0 Å². The molecule has 0 aromatic carbocycles. The molecule has 7 heteroatoms. The predicted molar refractivity (Wildman–Crippen MR) is 75.9 cm³/mol. The Morgan fingerprint density at radius 2 is 2.30 bits per heavy atom. The number of pyridine rings is 1. The first-order valence-corrected chi connectivity index (χ1v) is 8.39. The maximum absolute atomic E-state index is 11.8. The van der Waals surface area contributed by atoms with E-state index < -0.39 is 9.84 Å². The van der Waals surface area contributed by atoms with Crippen LogP contribution in [0.25, 0.3) is 0 Å². The minimum atomic E-state index is -3.00. The van der Waals surface area contributed by atoms with E-state index in [-0.39, 0.29) is 29.9 Å². The molecule has 0 spiro atoms. The Balaban J connectivity index is 1.79. The maximum atomic E-state index is 11.8. The van der Waals surface area contributed by atoms with E-state index in [0.29, 0.717) is 13.1 Å². The highest BCUT2D eigenvalue weighted by atomic mass is 32.2. The monoisotopic (exact) mass is 297 g/mol. The number of nitrogens with one attached hydrogen (secondary N) is 2. The third-order valence-electron chi connectivity index (χ3n) is 3.20. The largest absolute Gasteiger partial charge is 0.352 e. The van der Waals surface area contributed by atoms with Crippen LogP contribution in [-0.4, -0.2) is 43.4 Å². The molecule has 1 atom stereocenters. The Morgan fingerprint density at radius 3 is 2.95 bits per heavy atom. The van der Waals surface area contributed by atoms with E-state index in [1.807, 2.05) is 19.1 Å². The normalized spacial score (nSPS) is 21.4. The van der Waals surface area contributed by atoms with Gasteiger partial charge in [0.05, 0.1) is 11.5 Å². The molecule has 1 amide bonds. The Labute approximate surface area is 118 Å². The molecule has 1 saturated heterocycles. The Bertz CT molecular complexity index is 569. The molecular formula is C13H19N3O3S. The van der Waals surface area contributed by atoms with E-state index in [2.05, 4.69) is 15.6 Å². The zero-order valence-corrected chi connectivity index (χ0v) is 12.2. The summed E-state index contributed by atoms with van der Waals surface area (Å²) in [5, 5.41) is 5.84. The molecule has 20 heavy (non-hydrogen) atoms. The van der Waals surface area contributed by atoms with Gasteiger partial charge < -0.3 is 10.6 Å². The second-order valence-corrected chi connectivity index (χ2v) is 7.28. The molecule has 2 heterocycles. The van der Waals surface area contributed by atoms with E-state index in [0.717, 1.165) is 11.3 Å². The van der Waals surface area contributed by atoms with Crippen molar-refractivity contribution in [3.63, 3.8) is 0 Å². The third-order valence-corrected chi connectivity index (χ3v) is 4.93. The number of sulfone groups is 1. The molecule has 0 bridgehead atoms. The minimum absolute atomic E-state index is 0.0342. The van der Waals surface area contributed by atoms with Gasteiger partial charge in [0.15, 0.2) is 9.84 Å². The van der Waals surface area contributed by atoms with Crippen molar-refractivity contribution in [3.8, 4) is 0 Å². The highest BCUT2D eigenvalue weighted by Gasteiger charge is 2.25. The van der Waals surface area contributed by atoms with Crippen molar-refractivity contribution < 1.29 is 13.2 Å². The van der Waals surface area contributed by atoms with Gasteiger partial charge in [0, 0.05) is 37.4 Å². The fourth-order valence-corrected chi connectivity index (χ4v) is 3.54. The van der Waals surface area contributed by atoms with Gasteiger partial charge >= 0.3 is 0 Å². The summed E-state index contributed by atoms with van der Waals surface area (Å²) in [6.07, 6.45) is 1.90. The highest BCUT2D eigenvalue weighted by molar-refractivity contribution is 7.91. The maximum Gasteiger partial charge on any atom is 0.221 e. The second kappa shape index (κ2) is 6.32. The number of aromatic nitrogens is 1. The number of hydrogen-bond acceptors (Lipinski definition) is 5. The van der Waals surface area contributed by atoms with Gasteiger partial charge in [0.1, 0.15) is 0 Å². The fourth-order valence-electron chi connectivity index (χ4n) is 2.10. The summed E-state index contributed by atoms with van der Waals surface area (Å²) in [6, 6.07) is 3.51. The molecule has 6 nitrogen and oxygen atoms in total. The van der Waals surface area contributed by atoms with Crippen LogP contribution in [0.5, 0.6) is 0 Å². The first-order chi connectivity index (χ1) is 9.44. The van der Waals surface area contributed by atoms with Crippen molar-refractivity contribution in [1.29, 1.82) is 0 Å². The molecule has 1 aliphatic heterocycles. The lowest BCUT2D eigenvalue weighted by Crippen LogP contribution is -2.47. The molecular weight excluding hydrogens is 278 g/mol. The molecule has 2 rings (SSSR count). The van der Waals surface area contributed by atoms with Gasteiger partial charge in [-0.2, -0.15) is 0 Å². The minimum Gasteiger partial charge on any atom is -0.352 e. The molecule has 1 aromatic rings. The van der Waals surface area contributed by atoms with Gasteiger partial charge in [-0.05, 0) is 18.6 Å². The first-order valence-electron chi connectivity index (χ1n) is 6.57. The summed E-state index contributed by atoms with van der Waals surface area (Å²) in [5.74, 6) is 0.0345. The molecule has 1 aromatic heterocycles. The van der Waals surface area contributed by atoms with Gasteiger partial charge in [-0.15, -0.1) is 0 Å².